The van der Waals surface area contributed by atoms with Crippen LogP contribution in [0.4, 0.5) is 0 Å². The molecule has 9 N–H and O–H groups in total. The second-order valence-electron chi connectivity index (χ2n) is 5.68. The molecule has 136 valence electrons. The maximum absolute atomic E-state index is 9.98. The van der Waals surface area contributed by atoms with Gasteiger partial charge in [-0.2, -0.15) is 0 Å². The van der Waals surface area contributed by atoms with Crippen LogP contribution in [0.3, 0.4) is 0 Å². The highest BCUT2D eigenvalue weighted by Gasteiger charge is 2.49. The van der Waals surface area contributed by atoms with Crippen LogP contribution in [-0.2, 0) is 9.47 Å². The van der Waals surface area contributed by atoms with Gasteiger partial charge in [0.25, 0.3) is 0 Å². The van der Waals surface area contributed by atoms with Gasteiger partial charge < -0.3 is 50.3 Å². The van der Waals surface area contributed by atoms with Crippen molar-refractivity contribution in [2.45, 2.75) is 61.3 Å². The first kappa shape index (κ1) is 18.9. The van der Waals surface area contributed by atoms with Gasteiger partial charge in [-0.25, -0.2) is 0 Å². The number of aliphatic hydroxyl groups excluding tert-OH is 8. The molecule has 11 heteroatoms. The normalized spacial score (nSPS) is 51.7. The fourth-order valence-electron chi connectivity index (χ4n) is 2.70. The van der Waals surface area contributed by atoms with Crippen molar-refractivity contribution < 1.29 is 50.3 Å². The first-order valence-corrected chi connectivity index (χ1v) is 7.18. The molecule has 2 aliphatic rings. The van der Waals surface area contributed by atoms with Crippen molar-refractivity contribution >= 4 is 0 Å². The van der Waals surface area contributed by atoms with Crippen LogP contribution < -0.4 is 5.32 Å². The lowest BCUT2D eigenvalue weighted by molar-refractivity contribution is -0.327. The molecule has 0 bridgehead atoms. The number of ether oxygens (including phenoxy) is 2. The van der Waals surface area contributed by atoms with Crippen molar-refractivity contribution in [3.63, 3.8) is 0 Å². The second kappa shape index (κ2) is 7.63. The quantitative estimate of drug-likeness (QED) is 0.236. The van der Waals surface area contributed by atoms with Crippen molar-refractivity contribution in [1.82, 2.24) is 5.32 Å². The maximum atomic E-state index is 9.98. The largest absolute Gasteiger partial charge is 0.395 e. The van der Waals surface area contributed by atoms with Gasteiger partial charge in [-0.3, -0.25) is 5.32 Å². The van der Waals surface area contributed by atoms with Gasteiger partial charge in [-0.1, -0.05) is 0 Å². The van der Waals surface area contributed by atoms with Crippen LogP contribution in [-0.4, -0.2) is 115 Å². The molecule has 2 heterocycles. The summed E-state index contributed by atoms with van der Waals surface area (Å²) >= 11 is 0. The molecule has 2 saturated heterocycles. The summed E-state index contributed by atoms with van der Waals surface area (Å²) in [6.45, 7) is -1.22. The Morgan fingerprint density at radius 2 is 1.43 bits per heavy atom. The topological polar surface area (TPSA) is 192 Å². The molecule has 2 rings (SSSR count). The number of aliphatic hydroxyl groups is 8. The molecule has 2 fully saturated rings. The van der Waals surface area contributed by atoms with Crippen LogP contribution in [0.5, 0.6) is 0 Å². The predicted molar refractivity (Wildman–Crippen MR) is 70.7 cm³/mol. The van der Waals surface area contributed by atoms with Crippen LogP contribution in [0.25, 0.3) is 0 Å². The fraction of sp³-hybridized carbons (Fsp3) is 1.00. The van der Waals surface area contributed by atoms with E-state index in [0.717, 1.165) is 0 Å². The molecule has 0 spiro atoms. The Balaban J connectivity index is 2.11. The lowest BCUT2D eigenvalue weighted by Gasteiger charge is -2.45. The summed E-state index contributed by atoms with van der Waals surface area (Å²) in [5, 5.41) is 79.2. The van der Waals surface area contributed by atoms with E-state index in [4.69, 9.17) is 14.6 Å². The summed E-state index contributed by atoms with van der Waals surface area (Å²) in [5.41, 5.74) is 0. The van der Waals surface area contributed by atoms with Gasteiger partial charge in [0.15, 0.2) is 6.29 Å². The molecule has 0 amide bonds. The van der Waals surface area contributed by atoms with Gasteiger partial charge in [-0.05, 0) is 0 Å². The second-order valence-corrected chi connectivity index (χ2v) is 5.68. The summed E-state index contributed by atoms with van der Waals surface area (Å²) < 4.78 is 10.5. The Hall–Kier alpha value is -0.440. The van der Waals surface area contributed by atoms with E-state index in [1.165, 1.54) is 0 Å². The summed E-state index contributed by atoms with van der Waals surface area (Å²) in [4.78, 5) is 0. The van der Waals surface area contributed by atoms with Crippen molar-refractivity contribution in [2.75, 3.05) is 13.2 Å². The third-order valence-electron chi connectivity index (χ3n) is 4.13. The van der Waals surface area contributed by atoms with E-state index in [0.29, 0.717) is 0 Å². The number of piperidine rings is 1. The number of hydrogen-bond donors (Lipinski definition) is 9. The van der Waals surface area contributed by atoms with E-state index in [2.05, 4.69) is 5.32 Å². The zero-order valence-corrected chi connectivity index (χ0v) is 12.1. The Kier molecular flexibility index (Phi) is 6.27. The van der Waals surface area contributed by atoms with Crippen LogP contribution >= 0.6 is 0 Å². The molecule has 0 saturated carbocycles. The van der Waals surface area contributed by atoms with Crippen molar-refractivity contribution in [3.05, 3.63) is 0 Å². The van der Waals surface area contributed by atoms with Gasteiger partial charge in [-0.15, -0.1) is 0 Å². The average Bonchev–Trinajstić information content (AvgIpc) is 2.55. The highest BCUT2D eigenvalue weighted by molar-refractivity contribution is 4.97. The Bertz CT molecular complexity index is 383. The minimum atomic E-state index is -1.69. The van der Waals surface area contributed by atoms with E-state index < -0.39 is 74.5 Å². The maximum Gasteiger partial charge on any atom is 0.187 e. The lowest BCUT2D eigenvalue weighted by Crippen LogP contribution is -2.68. The Morgan fingerprint density at radius 1 is 0.783 bits per heavy atom. The molecule has 0 aromatic carbocycles. The SMILES string of the molecule is OCC1NC(O)C(O)C(O)C1OC1OC(CO)C(O)C(O)C1O. The number of nitrogens with one attached hydrogen (secondary N) is 1. The van der Waals surface area contributed by atoms with Crippen molar-refractivity contribution in [1.29, 1.82) is 0 Å². The molecule has 10 unspecified atom stereocenters. The zero-order chi connectivity index (χ0) is 17.3. The van der Waals surface area contributed by atoms with E-state index in [1.807, 2.05) is 0 Å². The van der Waals surface area contributed by atoms with Crippen LogP contribution in [0.1, 0.15) is 0 Å². The van der Waals surface area contributed by atoms with Crippen LogP contribution in [0.15, 0.2) is 0 Å². The van der Waals surface area contributed by atoms with E-state index in [-0.39, 0.29) is 0 Å². The summed E-state index contributed by atoms with van der Waals surface area (Å²) in [7, 11) is 0. The third-order valence-corrected chi connectivity index (χ3v) is 4.13. The third kappa shape index (κ3) is 3.65. The van der Waals surface area contributed by atoms with Gasteiger partial charge in [0, 0.05) is 0 Å². The van der Waals surface area contributed by atoms with E-state index in [1.54, 1.807) is 0 Å². The van der Waals surface area contributed by atoms with E-state index >= 15 is 0 Å². The summed E-state index contributed by atoms with van der Waals surface area (Å²) in [5.74, 6) is 0. The lowest BCUT2D eigenvalue weighted by atomic mass is 9.94. The highest BCUT2D eigenvalue weighted by atomic mass is 16.7. The molecule has 0 aliphatic carbocycles. The van der Waals surface area contributed by atoms with Crippen LogP contribution in [0, 0.1) is 0 Å². The molecule has 0 aromatic heterocycles. The standard InChI is InChI=1S/C12H23NO10/c14-1-3-10(7(18)8(19)11(21)13-3)23-12-9(20)6(17)5(16)4(2-15)22-12/h3-21H,1-2H2. The van der Waals surface area contributed by atoms with Crippen molar-refractivity contribution in [2.24, 2.45) is 0 Å². The smallest absolute Gasteiger partial charge is 0.187 e. The average molecular weight is 341 g/mol. The summed E-state index contributed by atoms with van der Waals surface area (Å²) in [6.07, 6.45) is -13.7. The molecular formula is C12H23NO10. The molecule has 23 heavy (non-hydrogen) atoms. The van der Waals surface area contributed by atoms with Gasteiger partial charge in [0.1, 0.15) is 49.0 Å². The highest BCUT2D eigenvalue weighted by Crippen LogP contribution is 2.26. The van der Waals surface area contributed by atoms with E-state index in [9.17, 15) is 35.7 Å². The van der Waals surface area contributed by atoms with Gasteiger partial charge in [0.2, 0.25) is 0 Å². The number of rotatable bonds is 4. The summed E-state index contributed by atoms with van der Waals surface area (Å²) in [6, 6.07) is -0.990. The van der Waals surface area contributed by atoms with Gasteiger partial charge in [0.05, 0.1) is 19.3 Å². The predicted octanol–water partition coefficient (Wildman–Crippen LogP) is -5.82. The van der Waals surface area contributed by atoms with Crippen LogP contribution in [0.2, 0.25) is 0 Å². The molecule has 10 atom stereocenters. The Morgan fingerprint density at radius 3 is 2.00 bits per heavy atom. The monoisotopic (exact) mass is 341 g/mol. The molecular weight excluding hydrogens is 318 g/mol. The first-order valence-electron chi connectivity index (χ1n) is 7.18. The number of hydrogen-bond acceptors (Lipinski definition) is 11. The van der Waals surface area contributed by atoms with Crippen molar-refractivity contribution in [3.8, 4) is 0 Å². The molecule has 2 aliphatic heterocycles. The minimum Gasteiger partial charge on any atom is -0.395 e. The fourth-order valence-corrected chi connectivity index (χ4v) is 2.70. The minimum absolute atomic E-state index is 0.567. The molecule has 0 aromatic rings. The Labute approximate surface area is 131 Å². The molecule has 11 nitrogen and oxygen atoms in total. The first-order chi connectivity index (χ1) is 10.8. The van der Waals surface area contributed by atoms with Gasteiger partial charge >= 0.3 is 0 Å². The molecule has 0 radical (unpaired) electrons. The zero-order valence-electron chi connectivity index (χ0n) is 12.1.